The van der Waals surface area contributed by atoms with Crippen molar-refractivity contribution in [3.8, 4) is 5.69 Å². The molecule has 126 valence electrons. The van der Waals surface area contributed by atoms with Gasteiger partial charge in [-0.05, 0) is 24.6 Å². The first-order chi connectivity index (χ1) is 11.6. The molecular formula is C16H18ClN5O2. The standard InChI is InChI=1S/C16H18ClN5O2/c1-10-4-5-11(17)6-13(10)22-16-12(7-21-22)15(19-9-20-16)18-8-14(23-2)24-3/h4-7,9,14H,8H2,1-3H3,(H,18,19,20). The monoisotopic (exact) mass is 347 g/mol. The number of nitrogens with one attached hydrogen (secondary N) is 1. The van der Waals surface area contributed by atoms with Gasteiger partial charge < -0.3 is 14.8 Å². The smallest absolute Gasteiger partial charge is 0.173 e. The van der Waals surface area contributed by atoms with Crippen LogP contribution in [0.15, 0.2) is 30.7 Å². The molecule has 0 spiro atoms. The Morgan fingerprint density at radius 1 is 1.25 bits per heavy atom. The number of methoxy groups -OCH3 is 2. The van der Waals surface area contributed by atoms with Gasteiger partial charge in [0, 0.05) is 19.2 Å². The van der Waals surface area contributed by atoms with Crippen LogP contribution in [0.4, 0.5) is 5.82 Å². The average molecular weight is 348 g/mol. The van der Waals surface area contributed by atoms with Crippen molar-refractivity contribution in [1.29, 1.82) is 0 Å². The van der Waals surface area contributed by atoms with Crippen LogP contribution in [0.5, 0.6) is 0 Å². The molecule has 0 unspecified atom stereocenters. The number of fused-ring (bicyclic) bond motifs is 1. The lowest BCUT2D eigenvalue weighted by molar-refractivity contribution is -0.0914. The first-order valence-electron chi connectivity index (χ1n) is 7.38. The molecule has 0 aliphatic rings. The average Bonchev–Trinajstić information content (AvgIpc) is 3.02. The normalized spacial score (nSPS) is 11.4. The number of ether oxygens (including phenoxy) is 2. The highest BCUT2D eigenvalue weighted by molar-refractivity contribution is 6.30. The lowest BCUT2D eigenvalue weighted by Crippen LogP contribution is -2.24. The summed E-state index contributed by atoms with van der Waals surface area (Å²) in [7, 11) is 3.18. The summed E-state index contributed by atoms with van der Waals surface area (Å²) in [5, 5.41) is 9.10. The van der Waals surface area contributed by atoms with Gasteiger partial charge in [0.05, 0.1) is 23.8 Å². The summed E-state index contributed by atoms with van der Waals surface area (Å²) in [6.45, 7) is 2.46. The van der Waals surface area contributed by atoms with Crippen molar-refractivity contribution in [1.82, 2.24) is 19.7 Å². The molecule has 1 N–H and O–H groups in total. The van der Waals surface area contributed by atoms with Crippen LogP contribution < -0.4 is 5.32 Å². The summed E-state index contributed by atoms with van der Waals surface area (Å²) < 4.78 is 12.1. The van der Waals surface area contributed by atoms with Gasteiger partial charge in [0.25, 0.3) is 0 Å². The van der Waals surface area contributed by atoms with Gasteiger partial charge in [-0.1, -0.05) is 17.7 Å². The molecule has 0 amide bonds. The van der Waals surface area contributed by atoms with E-state index in [4.69, 9.17) is 21.1 Å². The Bertz CT molecular complexity index is 848. The molecule has 0 aliphatic heterocycles. The molecule has 7 nitrogen and oxygen atoms in total. The maximum absolute atomic E-state index is 6.12. The predicted molar refractivity (Wildman–Crippen MR) is 92.7 cm³/mol. The van der Waals surface area contributed by atoms with Gasteiger partial charge in [-0.2, -0.15) is 5.10 Å². The molecule has 2 aromatic heterocycles. The molecular weight excluding hydrogens is 330 g/mol. The minimum Gasteiger partial charge on any atom is -0.364 e. The number of halogens is 1. The largest absolute Gasteiger partial charge is 0.364 e. The Morgan fingerprint density at radius 2 is 2.04 bits per heavy atom. The molecule has 3 aromatic rings. The van der Waals surface area contributed by atoms with E-state index in [1.165, 1.54) is 6.33 Å². The van der Waals surface area contributed by atoms with E-state index in [1.807, 2.05) is 25.1 Å². The molecule has 0 saturated heterocycles. The third kappa shape index (κ3) is 3.19. The summed E-state index contributed by atoms with van der Waals surface area (Å²) >= 11 is 6.12. The molecule has 2 heterocycles. The summed E-state index contributed by atoms with van der Waals surface area (Å²) in [5.41, 5.74) is 2.63. The van der Waals surface area contributed by atoms with E-state index in [-0.39, 0.29) is 6.29 Å². The van der Waals surface area contributed by atoms with Crippen molar-refractivity contribution in [2.75, 3.05) is 26.1 Å². The van der Waals surface area contributed by atoms with Crippen molar-refractivity contribution in [2.24, 2.45) is 0 Å². The molecule has 0 radical (unpaired) electrons. The van der Waals surface area contributed by atoms with Gasteiger partial charge in [-0.15, -0.1) is 0 Å². The zero-order valence-electron chi connectivity index (χ0n) is 13.7. The van der Waals surface area contributed by atoms with Crippen LogP contribution in [0.25, 0.3) is 16.7 Å². The number of aryl methyl sites for hydroxylation is 1. The molecule has 8 heteroatoms. The fourth-order valence-corrected chi connectivity index (χ4v) is 2.58. The minimum atomic E-state index is -0.361. The van der Waals surface area contributed by atoms with E-state index in [9.17, 15) is 0 Å². The van der Waals surface area contributed by atoms with Gasteiger partial charge >= 0.3 is 0 Å². The molecule has 0 atom stereocenters. The molecule has 24 heavy (non-hydrogen) atoms. The van der Waals surface area contributed by atoms with Crippen LogP contribution in [0.1, 0.15) is 5.56 Å². The SMILES string of the molecule is COC(CNc1ncnc2c1cnn2-c1cc(Cl)ccc1C)OC. The molecule has 1 aromatic carbocycles. The Balaban J connectivity index is 1.99. The second-order valence-corrected chi connectivity index (χ2v) is 5.67. The highest BCUT2D eigenvalue weighted by atomic mass is 35.5. The second kappa shape index (κ2) is 7.12. The van der Waals surface area contributed by atoms with Crippen molar-refractivity contribution in [3.05, 3.63) is 41.3 Å². The quantitative estimate of drug-likeness (QED) is 0.691. The van der Waals surface area contributed by atoms with Gasteiger partial charge in [0.2, 0.25) is 0 Å². The molecule has 0 fully saturated rings. The zero-order chi connectivity index (χ0) is 17.1. The van der Waals surface area contributed by atoms with Crippen LogP contribution in [-0.2, 0) is 9.47 Å². The van der Waals surface area contributed by atoms with Gasteiger partial charge in [0.15, 0.2) is 11.9 Å². The van der Waals surface area contributed by atoms with E-state index in [0.29, 0.717) is 23.0 Å². The first-order valence-corrected chi connectivity index (χ1v) is 7.76. The summed E-state index contributed by atoms with van der Waals surface area (Å²) in [6, 6.07) is 5.67. The zero-order valence-corrected chi connectivity index (χ0v) is 14.4. The Kier molecular flexibility index (Phi) is 4.94. The number of rotatable bonds is 6. The Hall–Kier alpha value is -2.22. The van der Waals surface area contributed by atoms with E-state index < -0.39 is 0 Å². The first kappa shape index (κ1) is 16.6. The molecule has 0 saturated carbocycles. The Morgan fingerprint density at radius 3 is 2.79 bits per heavy atom. The van der Waals surface area contributed by atoms with Crippen LogP contribution in [0.2, 0.25) is 5.02 Å². The molecule has 3 rings (SSSR count). The van der Waals surface area contributed by atoms with E-state index in [1.54, 1.807) is 25.1 Å². The predicted octanol–water partition coefficient (Wildman–Crippen LogP) is 2.81. The van der Waals surface area contributed by atoms with Crippen LogP contribution >= 0.6 is 11.6 Å². The number of anilines is 1. The van der Waals surface area contributed by atoms with E-state index >= 15 is 0 Å². The van der Waals surface area contributed by atoms with Crippen LogP contribution in [-0.4, -0.2) is 46.8 Å². The summed E-state index contributed by atoms with van der Waals surface area (Å²) in [5.74, 6) is 0.671. The molecule has 0 aliphatic carbocycles. The minimum absolute atomic E-state index is 0.361. The summed E-state index contributed by atoms with van der Waals surface area (Å²) in [4.78, 5) is 8.64. The fraction of sp³-hybridized carbons (Fsp3) is 0.312. The number of hydrogen-bond donors (Lipinski definition) is 1. The third-order valence-corrected chi connectivity index (χ3v) is 3.96. The number of nitrogens with zero attached hydrogens (tertiary/aromatic N) is 4. The molecule has 0 bridgehead atoms. The van der Waals surface area contributed by atoms with Crippen LogP contribution in [0.3, 0.4) is 0 Å². The maximum atomic E-state index is 6.12. The Labute approximate surface area is 144 Å². The van der Waals surface area contributed by atoms with E-state index in [2.05, 4.69) is 20.4 Å². The lowest BCUT2D eigenvalue weighted by Gasteiger charge is -2.14. The topological polar surface area (TPSA) is 74.1 Å². The highest BCUT2D eigenvalue weighted by Crippen LogP contribution is 2.25. The van der Waals surface area contributed by atoms with Crippen molar-refractivity contribution in [3.63, 3.8) is 0 Å². The summed E-state index contributed by atoms with van der Waals surface area (Å²) in [6.07, 6.45) is 2.87. The number of hydrogen-bond acceptors (Lipinski definition) is 6. The van der Waals surface area contributed by atoms with Crippen molar-refractivity contribution >= 4 is 28.5 Å². The maximum Gasteiger partial charge on any atom is 0.173 e. The lowest BCUT2D eigenvalue weighted by atomic mass is 10.2. The number of benzene rings is 1. The van der Waals surface area contributed by atoms with Gasteiger partial charge in [-0.3, -0.25) is 0 Å². The number of aromatic nitrogens is 4. The third-order valence-electron chi connectivity index (χ3n) is 3.73. The van der Waals surface area contributed by atoms with Crippen molar-refractivity contribution in [2.45, 2.75) is 13.2 Å². The van der Waals surface area contributed by atoms with Gasteiger partial charge in [0.1, 0.15) is 12.1 Å². The van der Waals surface area contributed by atoms with Gasteiger partial charge in [-0.25, -0.2) is 14.6 Å². The van der Waals surface area contributed by atoms with E-state index in [0.717, 1.165) is 16.6 Å². The van der Waals surface area contributed by atoms with Crippen molar-refractivity contribution < 1.29 is 9.47 Å². The van der Waals surface area contributed by atoms with Crippen LogP contribution in [0, 0.1) is 6.92 Å². The highest BCUT2D eigenvalue weighted by Gasteiger charge is 2.14. The second-order valence-electron chi connectivity index (χ2n) is 5.23. The fourth-order valence-electron chi connectivity index (χ4n) is 2.41.